The summed E-state index contributed by atoms with van der Waals surface area (Å²) in [6.45, 7) is 0. The van der Waals surface area contributed by atoms with E-state index in [-0.39, 0.29) is 5.56 Å². The van der Waals surface area contributed by atoms with Gasteiger partial charge in [0.1, 0.15) is 0 Å². The highest BCUT2D eigenvalue weighted by Gasteiger charge is 2.13. The Morgan fingerprint density at radius 2 is 1.88 bits per heavy atom. The number of rotatable bonds is 2. The molecular formula is C17H9BrClN3OS. The minimum atomic E-state index is -0.184. The Labute approximate surface area is 154 Å². The van der Waals surface area contributed by atoms with E-state index in [1.165, 1.54) is 15.9 Å². The zero-order valence-electron chi connectivity index (χ0n) is 12.1. The molecule has 0 saturated heterocycles. The van der Waals surface area contributed by atoms with Crippen LogP contribution in [0.25, 0.3) is 22.4 Å². The first-order valence-corrected chi connectivity index (χ1v) is 9.03. The van der Waals surface area contributed by atoms with Gasteiger partial charge >= 0.3 is 0 Å². The fourth-order valence-electron chi connectivity index (χ4n) is 2.32. The number of benzene rings is 2. The summed E-state index contributed by atoms with van der Waals surface area (Å²) in [5.41, 5.74) is 1.47. The SMILES string of the molecule is O=c1/c(=C\c2ccccc2Br)sc2nc(-c3ccccc3Cl)nn12. The van der Waals surface area contributed by atoms with Crippen LogP contribution in [0.4, 0.5) is 0 Å². The molecule has 2 heterocycles. The Morgan fingerprint density at radius 3 is 2.62 bits per heavy atom. The molecule has 0 saturated carbocycles. The van der Waals surface area contributed by atoms with Gasteiger partial charge in [0.2, 0.25) is 4.96 Å². The van der Waals surface area contributed by atoms with Gasteiger partial charge in [0.05, 0.1) is 9.55 Å². The lowest BCUT2D eigenvalue weighted by atomic mass is 10.2. The van der Waals surface area contributed by atoms with E-state index in [0.717, 1.165) is 10.0 Å². The van der Waals surface area contributed by atoms with Gasteiger partial charge < -0.3 is 0 Å². The molecule has 0 bridgehead atoms. The van der Waals surface area contributed by atoms with Crippen molar-refractivity contribution in [3.63, 3.8) is 0 Å². The van der Waals surface area contributed by atoms with Gasteiger partial charge in [0.25, 0.3) is 5.56 Å². The van der Waals surface area contributed by atoms with Crippen molar-refractivity contribution in [3.8, 4) is 11.4 Å². The second-order valence-electron chi connectivity index (χ2n) is 5.05. The van der Waals surface area contributed by atoms with Crippen LogP contribution in [-0.4, -0.2) is 14.6 Å². The van der Waals surface area contributed by atoms with Crippen LogP contribution in [0.5, 0.6) is 0 Å². The molecule has 0 aliphatic rings. The fraction of sp³-hybridized carbons (Fsp3) is 0. The number of hydrogen-bond acceptors (Lipinski definition) is 4. The minimum absolute atomic E-state index is 0.184. The molecule has 7 heteroatoms. The van der Waals surface area contributed by atoms with Crippen LogP contribution >= 0.6 is 38.9 Å². The van der Waals surface area contributed by atoms with Crippen LogP contribution < -0.4 is 10.1 Å². The third-order valence-electron chi connectivity index (χ3n) is 3.49. The molecule has 118 valence electrons. The maximum absolute atomic E-state index is 12.6. The number of thiazole rings is 1. The van der Waals surface area contributed by atoms with Crippen molar-refractivity contribution in [2.24, 2.45) is 0 Å². The highest BCUT2D eigenvalue weighted by Crippen LogP contribution is 2.25. The lowest BCUT2D eigenvalue weighted by molar-refractivity contribution is 0.937. The first-order chi connectivity index (χ1) is 11.6. The van der Waals surface area contributed by atoms with Gasteiger partial charge in [-0.2, -0.15) is 9.50 Å². The van der Waals surface area contributed by atoms with Crippen LogP contribution in [0.15, 0.2) is 57.8 Å². The van der Waals surface area contributed by atoms with Gasteiger partial charge in [-0.05, 0) is 29.8 Å². The molecule has 0 unspecified atom stereocenters. The van der Waals surface area contributed by atoms with Gasteiger partial charge in [-0.3, -0.25) is 4.79 Å². The first-order valence-electron chi connectivity index (χ1n) is 7.04. The molecule has 0 atom stereocenters. The molecule has 0 amide bonds. The van der Waals surface area contributed by atoms with Crippen molar-refractivity contribution >= 4 is 49.9 Å². The van der Waals surface area contributed by atoms with Gasteiger partial charge in [-0.25, -0.2) is 0 Å². The molecule has 0 aliphatic heterocycles. The first kappa shape index (κ1) is 15.5. The maximum atomic E-state index is 12.6. The second-order valence-corrected chi connectivity index (χ2v) is 7.32. The van der Waals surface area contributed by atoms with E-state index in [0.29, 0.717) is 25.9 Å². The lowest BCUT2D eigenvalue weighted by Gasteiger charge is -1.96. The predicted octanol–water partition coefficient (Wildman–Crippen LogP) is 3.78. The van der Waals surface area contributed by atoms with Crippen molar-refractivity contribution in [2.45, 2.75) is 0 Å². The van der Waals surface area contributed by atoms with Gasteiger partial charge in [0, 0.05) is 10.0 Å². The van der Waals surface area contributed by atoms with Crippen LogP contribution in [-0.2, 0) is 0 Å². The molecule has 0 fully saturated rings. The van der Waals surface area contributed by atoms with Crippen LogP contribution in [0.2, 0.25) is 5.02 Å². The second kappa shape index (κ2) is 6.12. The maximum Gasteiger partial charge on any atom is 0.291 e. The molecule has 24 heavy (non-hydrogen) atoms. The predicted molar refractivity (Wildman–Crippen MR) is 101 cm³/mol. The summed E-state index contributed by atoms with van der Waals surface area (Å²) < 4.78 is 2.84. The minimum Gasteiger partial charge on any atom is -0.266 e. The lowest BCUT2D eigenvalue weighted by Crippen LogP contribution is -2.23. The summed E-state index contributed by atoms with van der Waals surface area (Å²) in [5.74, 6) is 0.455. The van der Waals surface area contributed by atoms with Crippen molar-refractivity contribution < 1.29 is 0 Å². The summed E-state index contributed by atoms with van der Waals surface area (Å²) in [4.78, 5) is 17.6. The Kier molecular flexibility index (Phi) is 3.96. The van der Waals surface area contributed by atoms with E-state index in [4.69, 9.17) is 11.6 Å². The third kappa shape index (κ3) is 2.66. The zero-order chi connectivity index (χ0) is 16.7. The highest BCUT2D eigenvalue weighted by molar-refractivity contribution is 9.10. The molecule has 4 nitrogen and oxygen atoms in total. The van der Waals surface area contributed by atoms with Crippen LogP contribution in [0.3, 0.4) is 0 Å². The topological polar surface area (TPSA) is 47.3 Å². The molecule has 0 aliphatic carbocycles. The molecule has 0 N–H and O–H groups in total. The van der Waals surface area contributed by atoms with E-state index < -0.39 is 0 Å². The summed E-state index contributed by atoms with van der Waals surface area (Å²) in [5, 5.41) is 4.87. The fourth-order valence-corrected chi connectivity index (χ4v) is 3.84. The zero-order valence-corrected chi connectivity index (χ0v) is 15.3. The molecule has 2 aromatic carbocycles. The van der Waals surface area contributed by atoms with Crippen molar-refractivity contribution in [3.05, 3.63) is 78.5 Å². The quantitative estimate of drug-likeness (QED) is 0.498. The largest absolute Gasteiger partial charge is 0.291 e. The molecule has 0 radical (unpaired) electrons. The van der Waals surface area contributed by atoms with E-state index >= 15 is 0 Å². The average molecular weight is 419 g/mol. The van der Waals surface area contributed by atoms with Gasteiger partial charge in [-0.15, -0.1) is 5.10 Å². The van der Waals surface area contributed by atoms with E-state index in [9.17, 15) is 4.79 Å². The van der Waals surface area contributed by atoms with Crippen LogP contribution in [0.1, 0.15) is 5.56 Å². The van der Waals surface area contributed by atoms with Crippen molar-refractivity contribution in [1.29, 1.82) is 0 Å². The summed E-state index contributed by atoms with van der Waals surface area (Å²) in [6.07, 6.45) is 1.84. The highest BCUT2D eigenvalue weighted by atomic mass is 79.9. The Morgan fingerprint density at radius 1 is 1.12 bits per heavy atom. The summed E-state index contributed by atoms with van der Waals surface area (Å²) in [6, 6.07) is 15.0. The van der Waals surface area contributed by atoms with E-state index in [2.05, 4.69) is 26.0 Å². The normalized spacial score (nSPS) is 12.2. The number of fused-ring (bicyclic) bond motifs is 1. The molecule has 4 aromatic rings. The Balaban J connectivity index is 1.87. The molecule has 4 rings (SSSR count). The standard InChI is InChI=1S/C17H9BrClN3OS/c18-12-7-3-1-5-10(12)9-14-16(23)22-17(24-14)20-15(21-22)11-6-2-4-8-13(11)19/h1-9H/b14-9+. The summed E-state index contributed by atoms with van der Waals surface area (Å²) >= 11 is 11.0. The number of nitrogens with zero attached hydrogens (tertiary/aromatic N) is 3. The average Bonchev–Trinajstić information content (AvgIpc) is 3.10. The third-order valence-corrected chi connectivity index (χ3v) is 5.50. The van der Waals surface area contributed by atoms with Gasteiger partial charge in [0.15, 0.2) is 5.82 Å². The Bertz CT molecular complexity index is 1170. The number of hydrogen-bond donors (Lipinski definition) is 0. The van der Waals surface area contributed by atoms with Gasteiger partial charge in [-0.1, -0.05) is 69.2 Å². The smallest absolute Gasteiger partial charge is 0.266 e. The number of aromatic nitrogens is 3. The van der Waals surface area contributed by atoms with E-state index in [1.807, 2.05) is 48.5 Å². The summed E-state index contributed by atoms with van der Waals surface area (Å²) in [7, 11) is 0. The van der Waals surface area contributed by atoms with Crippen LogP contribution in [0, 0.1) is 0 Å². The monoisotopic (exact) mass is 417 g/mol. The molecular weight excluding hydrogens is 410 g/mol. The Hall–Kier alpha value is -2.02. The number of halogens is 2. The molecule has 0 spiro atoms. The van der Waals surface area contributed by atoms with E-state index in [1.54, 1.807) is 6.07 Å². The van der Waals surface area contributed by atoms with Crippen molar-refractivity contribution in [1.82, 2.24) is 14.6 Å². The molecule has 2 aromatic heterocycles. The van der Waals surface area contributed by atoms with Crippen molar-refractivity contribution in [2.75, 3.05) is 0 Å².